The molecule has 0 spiro atoms. The largest absolute Gasteiger partial charge is 0.265 e. The maximum atomic E-state index is 11.8. The number of benzene rings is 2. The van der Waals surface area contributed by atoms with Gasteiger partial charge in [-0.1, -0.05) is 60.7 Å². The molecule has 1 aliphatic rings. The van der Waals surface area contributed by atoms with E-state index >= 15 is 0 Å². The molecule has 0 aliphatic carbocycles. The van der Waals surface area contributed by atoms with Gasteiger partial charge in [0, 0.05) is 22.4 Å². The summed E-state index contributed by atoms with van der Waals surface area (Å²) in [5, 5.41) is 13.5. The third-order valence-electron chi connectivity index (χ3n) is 5.37. The molecule has 0 unspecified atom stereocenters. The van der Waals surface area contributed by atoms with E-state index in [9.17, 15) is 8.42 Å². The summed E-state index contributed by atoms with van der Waals surface area (Å²) in [6.07, 6.45) is 2.31. The van der Waals surface area contributed by atoms with E-state index in [0.29, 0.717) is 6.42 Å². The van der Waals surface area contributed by atoms with Gasteiger partial charge < -0.3 is 0 Å². The Labute approximate surface area is 176 Å². The highest BCUT2D eigenvalue weighted by Gasteiger charge is 2.31. The van der Waals surface area contributed by atoms with E-state index in [4.69, 9.17) is 0 Å². The number of nitrogens with zero attached hydrogens (tertiary/aromatic N) is 4. The number of rotatable bonds is 5. The molecule has 1 aromatic heterocycles. The van der Waals surface area contributed by atoms with E-state index in [1.54, 1.807) is 6.21 Å². The molecule has 2 aromatic carbocycles. The molecular weight excluding hydrogens is 396 g/mol. The minimum atomic E-state index is -2.97. The lowest BCUT2D eigenvalue weighted by molar-refractivity contribution is 0.486. The summed E-state index contributed by atoms with van der Waals surface area (Å²) in [7, 11) is -2.97. The molecule has 3 aromatic rings. The smallest absolute Gasteiger partial charge is 0.152 e. The third-order valence-corrected chi connectivity index (χ3v) is 7.12. The van der Waals surface area contributed by atoms with Crippen LogP contribution in [0.1, 0.15) is 40.5 Å². The van der Waals surface area contributed by atoms with Crippen molar-refractivity contribution in [2.45, 2.75) is 26.3 Å². The van der Waals surface area contributed by atoms with Gasteiger partial charge in [0.1, 0.15) is 5.71 Å². The maximum absolute atomic E-state index is 11.8. The first-order chi connectivity index (χ1) is 14.4. The maximum Gasteiger partial charge on any atom is 0.152 e. The van der Waals surface area contributed by atoms with Gasteiger partial charge in [0.25, 0.3) is 0 Å². The standard InChI is InChI=1S/C23H24N4O2S/c1-17-22(18(2)27(26-17)21-13-14-30(28,29)16-21)15-24-25-23(19-9-5-3-6-10-19)20-11-7-4-8-12-20/h3-12,15,21H,13-14,16H2,1-2H3/b24-15-/t21-/m1/s1. The van der Waals surface area contributed by atoms with Gasteiger partial charge in [-0.25, -0.2) is 8.42 Å². The quantitative estimate of drug-likeness (QED) is 0.466. The summed E-state index contributed by atoms with van der Waals surface area (Å²) >= 11 is 0. The zero-order chi connectivity index (χ0) is 21.1. The highest BCUT2D eigenvalue weighted by molar-refractivity contribution is 7.91. The second-order valence-corrected chi connectivity index (χ2v) is 9.74. The molecule has 0 bridgehead atoms. The van der Waals surface area contributed by atoms with Crippen LogP contribution in [0.2, 0.25) is 0 Å². The van der Waals surface area contributed by atoms with E-state index in [2.05, 4.69) is 15.3 Å². The second kappa shape index (κ2) is 8.36. The summed E-state index contributed by atoms with van der Waals surface area (Å²) in [5.41, 5.74) is 5.37. The monoisotopic (exact) mass is 420 g/mol. The minimum Gasteiger partial charge on any atom is -0.265 e. The van der Waals surface area contributed by atoms with Crippen LogP contribution in [0.5, 0.6) is 0 Å². The van der Waals surface area contributed by atoms with Gasteiger partial charge in [-0.2, -0.15) is 10.2 Å². The Morgan fingerprint density at radius 3 is 2.17 bits per heavy atom. The van der Waals surface area contributed by atoms with Crippen molar-refractivity contribution in [1.82, 2.24) is 9.78 Å². The van der Waals surface area contributed by atoms with Gasteiger partial charge in [-0.05, 0) is 20.3 Å². The molecule has 6 nitrogen and oxygen atoms in total. The molecule has 2 heterocycles. The number of sulfone groups is 1. The molecule has 30 heavy (non-hydrogen) atoms. The SMILES string of the molecule is Cc1nn([C@@H]2CCS(=O)(=O)C2)c(C)c1/C=N\N=C(c1ccccc1)c1ccccc1. The Morgan fingerprint density at radius 1 is 1.03 bits per heavy atom. The van der Waals surface area contributed by atoms with Crippen LogP contribution in [-0.2, 0) is 9.84 Å². The topological polar surface area (TPSA) is 76.7 Å². The van der Waals surface area contributed by atoms with E-state index in [1.165, 1.54) is 0 Å². The van der Waals surface area contributed by atoms with Crippen molar-refractivity contribution in [1.29, 1.82) is 0 Å². The van der Waals surface area contributed by atoms with Crippen LogP contribution in [0, 0.1) is 13.8 Å². The van der Waals surface area contributed by atoms with E-state index in [1.807, 2.05) is 79.2 Å². The minimum absolute atomic E-state index is 0.108. The van der Waals surface area contributed by atoms with Gasteiger partial charge in [-0.3, -0.25) is 4.68 Å². The Hall–Kier alpha value is -3.06. The fourth-order valence-electron chi connectivity index (χ4n) is 3.80. The summed E-state index contributed by atoms with van der Waals surface area (Å²) in [5.74, 6) is 0.372. The molecule has 1 atom stereocenters. The zero-order valence-corrected chi connectivity index (χ0v) is 17.9. The molecule has 0 radical (unpaired) electrons. The molecule has 1 aliphatic heterocycles. The van der Waals surface area contributed by atoms with Gasteiger partial charge in [-0.15, -0.1) is 5.10 Å². The first kappa shape index (κ1) is 20.2. The van der Waals surface area contributed by atoms with Crippen molar-refractivity contribution in [3.8, 4) is 0 Å². The van der Waals surface area contributed by atoms with Crippen LogP contribution in [0.25, 0.3) is 0 Å². The zero-order valence-electron chi connectivity index (χ0n) is 17.1. The molecular formula is C23H24N4O2S. The molecule has 1 saturated heterocycles. The Balaban J connectivity index is 1.66. The second-order valence-electron chi connectivity index (χ2n) is 7.51. The van der Waals surface area contributed by atoms with Crippen LogP contribution < -0.4 is 0 Å². The van der Waals surface area contributed by atoms with E-state index < -0.39 is 9.84 Å². The first-order valence-electron chi connectivity index (χ1n) is 9.92. The molecule has 0 N–H and O–H groups in total. The van der Waals surface area contributed by atoms with Gasteiger partial charge in [0.05, 0.1) is 29.5 Å². The average molecular weight is 421 g/mol. The molecule has 1 fully saturated rings. The summed E-state index contributed by atoms with van der Waals surface area (Å²) in [6.45, 7) is 3.86. The number of hydrogen-bond acceptors (Lipinski definition) is 5. The lowest BCUT2D eigenvalue weighted by Crippen LogP contribution is -2.14. The third kappa shape index (κ3) is 4.26. The predicted molar refractivity (Wildman–Crippen MR) is 120 cm³/mol. The van der Waals surface area contributed by atoms with Crippen molar-refractivity contribution in [3.63, 3.8) is 0 Å². The Morgan fingerprint density at radius 2 is 1.63 bits per heavy atom. The van der Waals surface area contributed by atoms with Crippen molar-refractivity contribution in [2.75, 3.05) is 11.5 Å². The van der Waals surface area contributed by atoms with E-state index in [-0.39, 0.29) is 17.5 Å². The number of aromatic nitrogens is 2. The molecule has 4 rings (SSSR count). The lowest BCUT2D eigenvalue weighted by atomic mass is 10.0. The predicted octanol–water partition coefficient (Wildman–Crippen LogP) is 3.73. The summed E-state index contributed by atoms with van der Waals surface area (Å²) < 4.78 is 25.5. The van der Waals surface area contributed by atoms with Crippen LogP contribution in [0.15, 0.2) is 70.9 Å². The molecule has 0 amide bonds. The number of aryl methyl sites for hydroxylation is 1. The molecule has 7 heteroatoms. The van der Waals surface area contributed by atoms with Crippen LogP contribution in [-0.4, -0.2) is 41.6 Å². The van der Waals surface area contributed by atoms with E-state index in [0.717, 1.165) is 33.8 Å². The average Bonchev–Trinajstić information content (AvgIpc) is 3.25. The van der Waals surface area contributed by atoms with Crippen LogP contribution in [0.3, 0.4) is 0 Å². The molecule has 154 valence electrons. The lowest BCUT2D eigenvalue weighted by Gasteiger charge is -2.10. The van der Waals surface area contributed by atoms with Gasteiger partial charge in [0.15, 0.2) is 9.84 Å². The van der Waals surface area contributed by atoms with Crippen molar-refractivity contribution in [2.24, 2.45) is 10.2 Å². The highest BCUT2D eigenvalue weighted by atomic mass is 32.2. The fourth-order valence-corrected chi connectivity index (χ4v) is 5.50. The first-order valence-corrected chi connectivity index (χ1v) is 11.7. The highest BCUT2D eigenvalue weighted by Crippen LogP contribution is 2.26. The van der Waals surface area contributed by atoms with Crippen molar-refractivity contribution in [3.05, 3.63) is 88.7 Å². The van der Waals surface area contributed by atoms with Crippen LogP contribution >= 0.6 is 0 Å². The van der Waals surface area contributed by atoms with Crippen LogP contribution in [0.4, 0.5) is 0 Å². The Kier molecular flexibility index (Phi) is 5.63. The van der Waals surface area contributed by atoms with Crippen molar-refractivity contribution < 1.29 is 8.42 Å². The fraction of sp³-hybridized carbons (Fsp3) is 0.261. The Bertz CT molecular complexity index is 1160. The summed E-state index contributed by atoms with van der Waals surface area (Å²) in [4.78, 5) is 0. The number of hydrogen-bond donors (Lipinski definition) is 0. The normalized spacial score (nSPS) is 18.0. The van der Waals surface area contributed by atoms with Gasteiger partial charge >= 0.3 is 0 Å². The van der Waals surface area contributed by atoms with Gasteiger partial charge in [0.2, 0.25) is 0 Å². The molecule has 0 saturated carbocycles. The van der Waals surface area contributed by atoms with Crippen molar-refractivity contribution >= 4 is 21.8 Å². The summed E-state index contributed by atoms with van der Waals surface area (Å²) in [6, 6.07) is 19.8.